The molecule has 0 aromatic heterocycles. The van der Waals surface area contributed by atoms with Gasteiger partial charge in [-0.05, 0) is 47.9 Å². The zero-order chi connectivity index (χ0) is 18.3. The van der Waals surface area contributed by atoms with Gasteiger partial charge in [-0.15, -0.1) is 0 Å². The Morgan fingerprint density at radius 1 is 1.19 bits per heavy atom. The van der Waals surface area contributed by atoms with Crippen molar-refractivity contribution in [3.05, 3.63) is 41.5 Å². The lowest BCUT2D eigenvalue weighted by molar-refractivity contribution is -0.240. The number of aromatic hydroxyl groups is 1. The summed E-state index contributed by atoms with van der Waals surface area (Å²) < 4.78 is 11.6. The predicted octanol–water partition coefficient (Wildman–Crippen LogP) is 2.50. The van der Waals surface area contributed by atoms with E-state index in [1.165, 1.54) is 0 Å². The minimum atomic E-state index is -1.48. The summed E-state index contributed by atoms with van der Waals surface area (Å²) in [5, 5.41) is 15.1. The second kappa shape index (κ2) is 6.29. The van der Waals surface area contributed by atoms with Crippen molar-refractivity contribution >= 4 is 22.7 Å². The molecule has 1 unspecified atom stereocenters. The summed E-state index contributed by atoms with van der Waals surface area (Å²) in [6.45, 7) is 2.72. The van der Waals surface area contributed by atoms with E-state index in [9.17, 15) is 14.7 Å². The van der Waals surface area contributed by atoms with Crippen LogP contribution in [-0.4, -0.2) is 29.6 Å². The zero-order valence-electron chi connectivity index (χ0n) is 14.6. The van der Waals surface area contributed by atoms with Gasteiger partial charge >= 0.3 is 11.9 Å². The van der Waals surface area contributed by atoms with Crippen LogP contribution in [-0.2, 0) is 31.3 Å². The maximum atomic E-state index is 12.3. The van der Waals surface area contributed by atoms with Gasteiger partial charge in [0.1, 0.15) is 5.75 Å². The van der Waals surface area contributed by atoms with Gasteiger partial charge < -0.3 is 19.9 Å². The lowest BCUT2D eigenvalue weighted by Gasteiger charge is -2.42. The van der Waals surface area contributed by atoms with Gasteiger partial charge in [0.15, 0.2) is 0 Å². The summed E-state index contributed by atoms with van der Waals surface area (Å²) in [6.07, 6.45) is 1.38. The monoisotopic (exact) mass is 355 g/mol. The molecule has 136 valence electrons. The molecule has 6 nitrogen and oxygen atoms in total. The maximum Gasteiger partial charge on any atom is 0.309 e. The number of ether oxygens (including phenoxy) is 2. The molecular weight excluding hydrogens is 334 g/mol. The first kappa shape index (κ1) is 16.8. The van der Waals surface area contributed by atoms with Crippen molar-refractivity contribution in [2.45, 2.75) is 44.4 Å². The van der Waals surface area contributed by atoms with Crippen LogP contribution in [0.1, 0.15) is 37.3 Å². The summed E-state index contributed by atoms with van der Waals surface area (Å²) in [6, 6.07) is 8.49. The van der Waals surface area contributed by atoms with Crippen LogP contribution < -0.4 is 5.32 Å². The Bertz CT molecular complexity index is 873. The Hall–Kier alpha value is -2.60. The smallest absolute Gasteiger partial charge is 0.309 e. The second-order valence-electron chi connectivity index (χ2n) is 6.84. The van der Waals surface area contributed by atoms with Crippen LogP contribution in [0.2, 0.25) is 0 Å². The van der Waals surface area contributed by atoms with Crippen molar-refractivity contribution < 1.29 is 24.2 Å². The molecule has 2 N–H and O–H groups in total. The molecule has 2 aromatic rings. The van der Waals surface area contributed by atoms with E-state index in [2.05, 4.69) is 5.32 Å². The molecule has 1 atom stereocenters. The highest BCUT2D eigenvalue weighted by molar-refractivity contribution is 5.93. The molecule has 2 aromatic carbocycles. The lowest BCUT2D eigenvalue weighted by atomic mass is 9.80. The van der Waals surface area contributed by atoms with Crippen LogP contribution in [0.15, 0.2) is 30.3 Å². The number of carbonyl (C=O) groups excluding carboxylic acids is 2. The topological polar surface area (TPSA) is 84.9 Å². The Morgan fingerprint density at radius 3 is 2.62 bits per heavy atom. The van der Waals surface area contributed by atoms with Crippen LogP contribution >= 0.6 is 0 Å². The lowest BCUT2D eigenvalue weighted by Crippen LogP contribution is -2.56. The first-order valence-corrected chi connectivity index (χ1v) is 8.95. The number of phenolic OH excluding ortho intramolecular Hbond substituents is 1. The Balaban J connectivity index is 1.96. The van der Waals surface area contributed by atoms with Crippen LogP contribution in [0.5, 0.6) is 5.75 Å². The number of hydrogen-bond donors (Lipinski definition) is 2. The molecule has 2 aliphatic rings. The Labute approximate surface area is 151 Å². The van der Waals surface area contributed by atoms with Gasteiger partial charge in [0.25, 0.3) is 5.79 Å². The molecule has 4 rings (SSSR count). The van der Waals surface area contributed by atoms with Gasteiger partial charge in [0.2, 0.25) is 0 Å². The summed E-state index contributed by atoms with van der Waals surface area (Å²) in [4.78, 5) is 24.6. The third kappa shape index (κ3) is 2.61. The molecule has 0 radical (unpaired) electrons. The summed E-state index contributed by atoms with van der Waals surface area (Å²) in [7, 11) is 0. The van der Waals surface area contributed by atoms with Crippen molar-refractivity contribution in [1.29, 1.82) is 0 Å². The third-order valence-corrected chi connectivity index (χ3v) is 5.01. The largest absolute Gasteiger partial charge is 0.508 e. The van der Waals surface area contributed by atoms with E-state index in [4.69, 9.17) is 9.47 Å². The van der Waals surface area contributed by atoms with E-state index in [0.717, 1.165) is 22.8 Å². The van der Waals surface area contributed by atoms with Crippen molar-refractivity contribution in [3.63, 3.8) is 0 Å². The fourth-order valence-electron chi connectivity index (χ4n) is 3.94. The normalized spacial score (nSPS) is 21.3. The second-order valence-corrected chi connectivity index (χ2v) is 6.84. The van der Waals surface area contributed by atoms with Gasteiger partial charge in [-0.1, -0.05) is 25.1 Å². The van der Waals surface area contributed by atoms with Gasteiger partial charge in [0, 0.05) is 5.56 Å². The molecule has 6 heteroatoms. The number of carbonyl (C=O) groups is 2. The van der Waals surface area contributed by atoms with Crippen molar-refractivity contribution in [3.8, 4) is 5.75 Å². The molecule has 1 fully saturated rings. The highest BCUT2D eigenvalue weighted by atomic mass is 16.7. The zero-order valence-corrected chi connectivity index (χ0v) is 14.6. The summed E-state index contributed by atoms with van der Waals surface area (Å²) >= 11 is 0. The van der Waals surface area contributed by atoms with E-state index in [-0.39, 0.29) is 18.6 Å². The molecule has 26 heavy (non-hydrogen) atoms. The van der Waals surface area contributed by atoms with Gasteiger partial charge in [-0.2, -0.15) is 0 Å². The highest BCUT2D eigenvalue weighted by Crippen LogP contribution is 2.45. The van der Waals surface area contributed by atoms with E-state index < -0.39 is 23.8 Å². The first-order chi connectivity index (χ1) is 12.5. The molecule has 1 aliphatic heterocycles. The van der Waals surface area contributed by atoms with Crippen LogP contribution in [0.4, 0.5) is 0 Å². The van der Waals surface area contributed by atoms with Crippen LogP contribution in [0.3, 0.4) is 0 Å². The molecular formula is C20H21NO5. The number of hydrogen-bond acceptors (Lipinski definition) is 6. The minimum Gasteiger partial charge on any atom is -0.508 e. The number of fused-ring (bicyclic) bond motifs is 1. The number of phenols is 1. The quantitative estimate of drug-likeness (QED) is 0.823. The summed E-state index contributed by atoms with van der Waals surface area (Å²) in [5.74, 6) is -2.19. The molecule has 0 amide bonds. The van der Waals surface area contributed by atoms with Crippen molar-refractivity contribution in [2.24, 2.45) is 0 Å². The fourth-order valence-corrected chi connectivity index (χ4v) is 3.94. The number of benzene rings is 2. The standard InChI is InChI=1S/C20H21NO5/c1-2-8-21-16-11-13-10-14(22)9-12-4-3-5-15(19(12)13)20(16)25-17(23)6-7-18(24)26-20/h3-5,9-10,16,21-22H,2,6-8,11H2,1H3. The van der Waals surface area contributed by atoms with E-state index in [0.29, 0.717) is 18.5 Å². The fraction of sp³-hybridized carbons (Fsp3) is 0.400. The Kier molecular flexibility index (Phi) is 4.07. The average molecular weight is 355 g/mol. The van der Waals surface area contributed by atoms with Crippen molar-refractivity contribution in [2.75, 3.05) is 6.54 Å². The molecule has 0 bridgehead atoms. The SMILES string of the molecule is CCCNC1Cc2cc(O)cc3cccc(c23)C12OC(=O)CCC(=O)O2. The summed E-state index contributed by atoms with van der Waals surface area (Å²) in [5.41, 5.74) is 1.58. The van der Waals surface area contributed by atoms with E-state index in [1.54, 1.807) is 12.1 Å². The van der Waals surface area contributed by atoms with Gasteiger partial charge in [0.05, 0.1) is 18.9 Å². The minimum absolute atomic E-state index is 0.0134. The Morgan fingerprint density at radius 2 is 1.92 bits per heavy atom. The molecule has 0 saturated carbocycles. The predicted molar refractivity (Wildman–Crippen MR) is 94.5 cm³/mol. The molecule has 1 saturated heterocycles. The molecule has 1 spiro atoms. The molecule has 1 heterocycles. The number of esters is 2. The first-order valence-electron chi connectivity index (χ1n) is 8.95. The van der Waals surface area contributed by atoms with Crippen LogP contribution in [0, 0.1) is 0 Å². The maximum absolute atomic E-state index is 12.3. The van der Waals surface area contributed by atoms with Crippen molar-refractivity contribution in [1.82, 2.24) is 5.32 Å². The third-order valence-electron chi connectivity index (χ3n) is 5.01. The van der Waals surface area contributed by atoms with E-state index >= 15 is 0 Å². The molecule has 1 aliphatic carbocycles. The number of rotatable bonds is 3. The van der Waals surface area contributed by atoms with Crippen LogP contribution in [0.25, 0.3) is 10.8 Å². The number of nitrogens with one attached hydrogen (secondary N) is 1. The van der Waals surface area contributed by atoms with Gasteiger partial charge in [-0.25, -0.2) is 0 Å². The van der Waals surface area contributed by atoms with Gasteiger partial charge in [-0.3, -0.25) is 9.59 Å². The highest BCUT2D eigenvalue weighted by Gasteiger charge is 2.53. The van der Waals surface area contributed by atoms with E-state index in [1.807, 2.05) is 25.1 Å². The average Bonchev–Trinajstić information content (AvgIpc) is 2.75.